The highest BCUT2D eigenvalue weighted by Crippen LogP contribution is 2.17. The lowest BCUT2D eigenvalue weighted by Crippen LogP contribution is -2.11. The number of carbonyl (C=O) groups excluding carboxylic acids is 1. The van der Waals surface area contributed by atoms with Crippen molar-refractivity contribution in [1.29, 1.82) is 0 Å². The number of unbranched alkanes of at least 4 members (excludes halogenated alkanes) is 1. The fourth-order valence-electron chi connectivity index (χ4n) is 1.82. The van der Waals surface area contributed by atoms with E-state index in [1.165, 1.54) is 0 Å². The maximum Gasteiger partial charge on any atom is 0.333 e. The van der Waals surface area contributed by atoms with Crippen LogP contribution in [0.5, 0.6) is 0 Å². The van der Waals surface area contributed by atoms with E-state index in [2.05, 4.69) is 20.8 Å². The number of esters is 1. The van der Waals surface area contributed by atoms with Gasteiger partial charge in [0.1, 0.15) is 6.61 Å². The summed E-state index contributed by atoms with van der Waals surface area (Å²) in [5.74, 6) is 0.385. The first-order chi connectivity index (χ1) is 8.69. The van der Waals surface area contributed by atoms with Crippen molar-refractivity contribution in [2.45, 2.75) is 59.3 Å². The van der Waals surface area contributed by atoms with E-state index >= 15 is 0 Å². The Morgan fingerprint density at radius 1 is 1.28 bits per heavy atom. The number of aliphatic hydroxyl groups is 1. The molecule has 0 fully saturated rings. The molecule has 18 heavy (non-hydrogen) atoms. The highest BCUT2D eigenvalue weighted by molar-refractivity contribution is 5.88. The third-order valence-corrected chi connectivity index (χ3v) is 3.24. The second-order valence-corrected chi connectivity index (χ2v) is 4.61. The van der Waals surface area contributed by atoms with Crippen LogP contribution in [0.15, 0.2) is 11.6 Å². The number of ether oxygens (including phenoxy) is 1. The summed E-state index contributed by atoms with van der Waals surface area (Å²) in [6.45, 7) is 6.44. The first-order valence-corrected chi connectivity index (χ1v) is 7.16. The van der Waals surface area contributed by atoms with Crippen molar-refractivity contribution in [3.05, 3.63) is 11.6 Å². The standard InChI is InChI=1S/C15H28O3/c1-4-7-8-14(15(17)18-12-11-16)10-9-13(5-2)6-3/h10,13,16H,4-9,11-12H2,1-3H3. The normalized spacial score (nSPS) is 11.9. The van der Waals surface area contributed by atoms with Gasteiger partial charge in [0.2, 0.25) is 0 Å². The van der Waals surface area contributed by atoms with E-state index in [0.717, 1.165) is 44.1 Å². The van der Waals surface area contributed by atoms with Gasteiger partial charge < -0.3 is 9.84 Å². The summed E-state index contributed by atoms with van der Waals surface area (Å²) in [4.78, 5) is 11.8. The lowest BCUT2D eigenvalue weighted by molar-refractivity contribution is -0.140. The molecular weight excluding hydrogens is 228 g/mol. The van der Waals surface area contributed by atoms with Gasteiger partial charge in [0.05, 0.1) is 6.61 Å². The van der Waals surface area contributed by atoms with E-state index in [9.17, 15) is 4.79 Å². The zero-order valence-corrected chi connectivity index (χ0v) is 12.1. The molecule has 0 aromatic carbocycles. The molecule has 3 heteroatoms. The van der Waals surface area contributed by atoms with Crippen molar-refractivity contribution in [1.82, 2.24) is 0 Å². The number of hydrogen-bond donors (Lipinski definition) is 1. The Morgan fingerprint density at radius 3 is 2.44 bits per heavy atom. The third-order valence-electron chi connectivity index (χ3n) is 3.24. The number of rotatable bonds is 10. The Balaban J connectivity index is 4.44. The van der Waals surface area contributed by atoms with E-state index in [0.29, 0.717) is 5.92 Å². The van der Waals surface area contributed by atoms with Gasteiger partial charge in [0.25, 0.3) is 0 Å². The van der Waals surface area contributed by atoms with Crippen LogP contribution in [-0.2, 0) is 9.53 Å². The van der Waals surface area contributed by atoms with Gasteiger partial charge in [-0.05, 0) is 25.2 Å². The van der Waals surface area contributed by atoms with E-state index < -0.39 is 0 Å². The molecular formula is C15H28O3. The van der Waals surface area contributed by atoms with Crippen LogP contribution < -0.4 is 0 Å². The minimum absolute atomic E-state index is 0.0906. The van der Waals surface area contributed by atoms with Gasteiger partial charge in [-0.1, -0.05) is 46.1 Å². The van der Waals surface area contributed by atoms with Crippen LogP contribution in [0.1, 0.15) is 59.3 Å². The Bertz CT molecular complexity index is 242. The molecule has 0 spiro atoms. The van der Waals surface area contributed by atoms with Crippen LogP contribution in [0.25, 0.3) is 0 Å². The molecule has 106 valence electrons. The number of aliphatic hydroxyl groups excluding tert-OH is 1. The van der Waals surface area contributed by atoms with Crippen LogP contribution in [0, 0.1) is 5.92 Å². The molecule has 0 aromatic rings. The highest BCUT2D eigenvalue weighted by Gasteiger charge is 2.11. The predicted octanol–water partition coefficient (Wildman–Crippen LogP) is 3.46. The molecule has 0 aliphatic rings. The summed E-state index contributed by atoms with van der Waals surface area (Å²) < 4.78 is 4.99. The second-order valence-electron chi connectivity index (χ2n) is 4.61. The van der Waals surface area contributed by atoms with Gasteiger partial charge in [0.15, 0.2) is 0 Å². The third kappa shape index (κ3) is 7.49. The second kappa shape index (κ2) is 11.3. The molecule has 0 aliphatic heterocycles. The van der Waals surface area contributed by atoms with Crippen LogP contribution in [0.3, 0.4) is 0 Å². The number of allylic oxidation sites excluding steroid dienone is 1. The minimum atomic E-state index is -0.261. The molecule has 1 N–H and O–H groups in total. The number of carbonyl (C=O) groups is 1. The van der Waals surface area contributed by atoms with E-state index in [4.69, 9.17) is 9.84 Å². The van der Waals surface area contributed by atoms with E-state index in [1.54, 1.807) is 0 Å². The van der Waals surface area contributed by atoms with Gasteiger partial charge in [-0.3, -0.25) is 0 Å². The maximum absolute atomic E-state index is 11.8. The molecule has 0 aliphatic carbocycles. The average Bonchev–Trinajstić information content (AvgIpc) is 2.40. The zero-order chi connectivity index (χ0) is 13.8. The molecule has 0 aromatic heterocycles. The molecule has 0 rings (SSSR count). The molecule has 3 nitrogen and oxygen atoms in total. The van der Waals surface area contributed by atoms with E-state index in [1.807, 2.05) is 6.08 Å². The van der Waals surface area contributed by atoms with Crippen LogP contribution in [0.4, 0.5) is 0 Å². The topological polar surface area (TPSA) is 46.5 Å². The molecule has 0 atom stereocenters. The van der Waals surface area contributed by atoms with Gasteiger partial charge in [0, 0.05) is 5.57 Å². The SMILES string of the molecule is CCCCC(=CCC(CC)CC)C(=O)OCCO. The summed E-state index contributed by atoms with van der Waals surface area (Å²) in [6, 6.07) is 0. The van der Waals surface area contributed by atoms with Crippen molar-refractivity contribution in [2.24, 2.45) is 5.92 Å². The lowest BCUT2D eigenvalue weighted by atomic mass is 9.97. The summed E-state index contributed by atoms with van der Waals surface area (Å²) in [6.07, 6.45) is 8.10. The average molecular weight is 256 g/mol. The highest BCUT2D eigenvalue weighted by atomic mass is 16.5. The summed E-state index contributed by atoms with van der Waals surface area (Å²) >= 11 is 0. The quantitative estimate of drug-likeness (QED) is 0.481. The Hall–Kier alpha value is -0.830. The van der Waals surface area contributed by atoms with Crippen molar-refractivity contribution in [2.75, 3.05) is 13.2 Å². The first kappa shape index (κ1) is 17.2. The fraction of sp³-hybridized carbons (Fsp3) is 0.800. The molecule has 0 amide bonds. The van der Waals surface area contributed by atoms with E-state index in [-0.39, 0.29) is 19.2 Å². The Labute approximate surface area is 111 Å². The van der Waals surface area contributed by atoms with Crippen molar-refractivity contribution in [3.8, 4) is 0 Å². The molecule has 0 radical (unpaired) electrons. The van der Waals surface area contributed by atoms with Gasteiger partial charge >= 0.3 is 5.97 Å². The maximum atomic E-state index is 11.8. The molecule has 0 bridgehead atoms. The fourth-order valence-corrected chi connectivity index (χ4v) is 1.82. The van der Waals surface area contributed by atoms with Crippen molar-refractivity contribution < 1.29 is 14.6 Å². The number of hydrogen-bond acceptors (Lipinski definition) is 3. The van der Waals surface area contributed by atoms with Crippen LogP contribution in [0.2, 0.25) is 0 Å². The summed E-state index contributed by atoms with van der Waals surface area (Å²) in [7, 11) is 0. The molecule has 0 unspecified atom stereocenters. The van der Waals surface area contributed by atoms with Crippen molar-refractivity contribution >= 4 is 5.97 Å². The minimum Gasteiger partial charge on any atom is -0.460 e. The molecule has 0 saturated heterocycles. The zero-order valence-electron chi connectivity index (χ0n) is 12.1. The van der Waals surface area contributed by atoms with Crippen LogP contribution in [-0.4, -0.2) is 24.3 Å². The lowest BCUT2D eigenvalue weighted by Gasteiger charge is -2.11. The summed E-state index contributed by atoms with van der Waals surface area (Å²) in [5, 5.41) is 8.67. The molecule has 0 heterocycles. The van der Waals surface area contributed by atoms with Gasteiger partial charge in [-0.2, -0.15) is 0 Å². The molecule has 0 saturated carbocycles. The summed E-state index contributed by atoms with van der Waals surface area (Å²) in [5.41, 5.74) is 0.775. The Kier molecular flexibility index (Phi) is 10.8. The Morgan fingerprint density at radius 2 is 1.94 bits per heavy atom. The predicted molar refractivity (Wildman–Crippen MR) is 74.3 cm³/mol. The van der Waals surface area contributed by atoms with Crippen LogP contribution >= 0.6 is 0 Å². The monoisotopic (exact) mass is 256 g/mol. The largest absolute Gasteiger partial charge is 0.460 e. The smallest absolute Gasteiger partial charge is 0.333 e. The van der Waals surface area contributed by atoms with Crippen molar-refractivity contribution in [3.63, 3.8) is 0 Å². The van der Waals surface area contributed by atoms with Gasteiger partial charge in [-0.25, -0.2) is 4.79 Å². The van der Waals surface area contributed by atoms with Gasteiger partial charge in [-0.15, -0.1) is 0 Å². The first-order valence-electron chi connectivity index (χ1n) is 7.16.